The quantitative estimate of drug-likeness (QED) is 0.0916. The van der Waals surface area contributed by atoms with Gasteiger partial charge >= 0.3 is 5.97 Å². The summed E-state index contributed by atoms with van der Waals surface area (Å²) in [5.74, 6) is -4.45. The van der Waals surface area contributed by atoms with Crippen LogP contribution in [-0.4, -0.2) is 85.2 Å². The van der Waals surface area contributed by atoms with Gasteiger partial charge in [-0.2, -0.15) is 4.31 Å². The van der Waals surface area contributed by atoms with Crippen molar-refractivity contribution in [1.29, 1.82) is 0 Å². The van der Waals surface area contributed by atoms with Gasteiger partial charge in [-0.05, 0) is 60.0 Å². The van der Waals surface area contributed by atoms with Gasteiger partial charge in [-0.3, -0.25) is 9.36 Å². The predicted octanol–water partition coefficient (Wildman–Crippen LogP) is 7.77. The van der Waals surface area contributed by atoms with E-state index in [-0.39, 0.29) is 12.3 Å². The van der Waals surface area contributed by atoms with Crippen molar-refractivity contribution < 1.29 is 40.7 Å². The highest BCUT2D eigenvalue weighted by Crippen LogP contribution is 2.39. The number of aliphatic carboxylic acids is 1. The highest BCUT2D eigenvalue weighted by atomic mass is 35.5. The topological polar surface area (TPSA) is 102 Å². The Bertz CT molecular complexity index is 1990. The molecule has 52 heavy (non-hydrogen) atoms. The minimum absolute atomic E-state index is 0.151. The molecule has 0 aliphatic heterocycles. The lowest BCUT2D eigenvalue weighted by atomic mass is 9.81. The maximum absolute atomic E-state index is 15.8. The summed E-state index contributed by atoms with van der Waals surface area (Å²) in [4.78, 5) is 16.2. The first-order chi connectivity index (χ1) is 24.2. The van der Waals surface area contributed by atoms with Crippen molar-refractivity contribution in [2.75, 3.05) is 41.3 Å². The molecule has 0 saturated carbocycles. The van der Waals surface area contributed by atoms with Crippen molar-refractivity contribution in [3.05, 3.63) is 100 Å². The van der Waals surface area contributed by atoms with Gasteiger partial charge < -0.3 is 14.3 Å². The Labute approximate surface area is 313 Å². The van der Waals surface area contributed by atoms with Crippen LogP contribution in [0.1, 0.15) is 50.9 Å². The number of sulfonamides is 1. The Balaban J connectivity index is 1.72. The molecule has 15 heteroatoms. The average Bonchev–Trinajstić information content (AvgIpc) is 3.48. The summed E-state index contributed by atoms with van der Waals surface area (Å²) in [6.45, 7) is 7.46. The summed E-state index contributed by atoms with van der Waals surface area (Å²) < 4.78 is 81.9. The average molecular weight is 782 g/mol. The number of nitrogens with zero attached hydrogens (tertiary/aromatic N) is 4. The number of carbonyl (C=O) groups is 1. The first-order valence-corrected chi connectivity index (χ1v) is 19.3. The summed E-state index contributed by atoms with van der Waals surface area (Å²) in [5, 5.41) is 10.8. The lowest BCUT2D eigenvalue weighted by Crippen LogP contribution is -2.49. The summed E-state index contributed by atoms with van der Waals surface area (Å²) in [7, 11) is 2.63. The second kappa shape index (κ2) is 16.2. The Kier molecular flexibility index (Phi) is 12.8. The number of carboxylic acids is 1. The number of benzene rings is 3. The van der Waals surface area contributed by atoms with Crippen molar-refractivity contribution >= 4 is 39.4 Å². The molecule has 4 aromatic rings. The minimum atomic E-state index is -4.64. The van der Waals surface area contributed by atoms with Crippen LogP contribution in [0.3, 0.4) is 0 Å². The monoisotopic (exact) mass is 781 g/mol. The molecule has 1 aromatic heterocycles. The number of thioether (sulfide) groups is 1. The first kappa shape index (κ1) is 41.2. The highest BCUT2D eigenvalue weighted by molar-refractivity contribution is 7.98. The molecule has 0 aliphatic rings. The second-order valence-electron chi connectivity index (χ2n) is 14.4. The molecule has 1 N–H and O–H groups in total. The number of methoxy groups -OCH3 is 1. The standard InChI is InChI=1S/C37H44ClF3N4O5S2/c1-23(2)34(35(46)47)43(16-9-17-45(5,6)7)52(48,49)27-19-30(40)28(31(41)20-27)22-51-36-42-21-33(44(36)26-13-11-25(39)12-14-26)37(3,4)24-10-15-29(38)32(18-24)50-8/h10-15,18-21,23,34H,9,16-17,22H2,1-8H3/p+1. The summed E-state index contributed by atoms with van der Waals surface area (Å²) in [6, 6.07) is 11.1. The van der Waals surface area contributed by atoms with Gasteiger partial charge in [0.25, 0.3) is 0 Å². The number of rotatable bonds is 16. The van der Waals surface area contributed by atoms with E-state index in [4.69, 9.17) is 16.3 Å². The molecule has 0 saturated heterocycles. The number of imidazole rings is 1. The Hall–Kier alpha value is -3.56. The molecule has 0 fully saturated rings. The maximum atomic E-state index is 15.8. The van der Waals surface area contributed by atoms with Crippen LogP contribution >= 0.6 is 23.4 Å². The Morgan fingerprint density at radius 3 is 2.21 bits per heavy atom. The number of quaternary nitrogens is 1. The molecule has 1 unspecified atom stereocenters. The third-order valence-corrected chi connectivity index (χ3v) is 11.9. The summed E-state index contributed by atoms with van der Waals surface area (Å²) in [6.07, 6.45) is 1.96. The molecular weight excluding hydrogens is 737 g/mol. The smallest absolute Gasteiger partial charge is 0.322 e. The van der Waals surface area contributed by atoms with Gasteiger partial charge in [-0.15, -0.1) is 0 Å². The van der Waals surface area contributed by atoms with Gasteiger partial charge in [0.1, 0.15) is 29.2 Å². The Morgan fingerprint density at radius 1 is 1.06 bits per heavy atom. The molecule has 282 valence electrons. The van der Waals surface area contributed by atoms with Crippen LogP contribution in [0.25, 0.3) is 5.69 Å². The lowest BCUT2D eigenvalue weighted by Gasteiger charge is -2.32. The number of carboxylic acid groups (broad SMARTS) is 1. The van der Waals surface area contributed by atoms with E-state index in [9.17, 15) is 22.7 Å². The molecule has 0 spiro atoms. The zero-order chi connectivity index (χ0) is 38.8. The fraction of sp³-hybridized carbons (Fsp3) is 0.405. The number of hydrogen-bond acceptors (Lipinski definition) is 6. The first-order valence-electron chi connectivity index (χ1n) is 16.5. The van der Waals surface area contributed by atoms with Crippen molar-refractivity contribution in [3.63, 3.8) is 0 Å². The number of hydrogen-bond donors (Lipinski definition) is 1. The zero-order valence-corrected chi connectivity index (χ0v) is 32.8. The van der Waals surface area contributed by atoms with E-state index in [1.165, 1.54) is 19.2 Å². The van der Waals surface area contributed by atoms with Gasteiger partial charge in [0, 0.05) is 35.4 Å². The highest BCUT2D eigenvalue weighted by Gasteiger charge is 2.39. The van der Waals surface area contributed by atoms with Crippen molar-refractivity contribution in [2.24, 2.45) is 5.92 Å². The van der Waals surface area contributed by atoms with Gasteiger partial charge in [-0.1, -0.05) is 57.1 Å². The van der Waals surface area contributed by atoms with Gasteiger partial charge in [0.15, 0.2) is 5.16 Å². The zero-order valence-electron chi connectivity index (χ0n) is 30.5. The molecule has 1 atom stereocenters. The summed E-state index contributed by atoms with van der Waals surface area (Å²) >= 11 is 7.29. The van der Waals surface area contributed by atoms with E-state index < -0.39 is 61.3 Å². The van der Waals surface area contributed by atoms with E-state index in [1.54, 1.807) is 42.8 Å². The summed E-state index contributed by atoms with van der Waals surface area (Å²) in [5.41, 5.74) is 0.951. The predicted molar refractivity (Wildman–Crippen MR) is 197 cm³/mol. The van der Waals surface area contributed by atoms with Crippen LogP contribution in [0.2, 0.25) is 5.02 Å². The molecule has 0 radical (unpaired) electrons. The second-order valence-corrected chi connectivity index (χ2v) is 17.6. The third-order valence-electron chi connectivity index (χ3n) is 8.80. The Morgan fingerprint density at radius 2 is 1.67 bits per heavy atom. The van der Waals surface area contributed by atoms with Crippen LogP contribution in [0.4, 0.5) is 13.2 Å². The minimum Gasteiger partial charge on any atom is -0.495 e. The van der Waals surface area contributed by atoms with Gasteiger partial charge in [0.05, 0.1) is 56.6 Å². The van der Waals surface area contributed by atoms with Crippen LogP contribution < -0.4 is 4.74 Å². The lowest BCUT2D eigenvalue weighted by molar-refractivity contribution is -0.870. The van der Waals surface area contributed by atoms with Gasteiger partial charge in [0.2, 0.25) is 10.0 Å². The van der Waals surface area contributed by atoms with E-state index in [1.807, 2.05) is 47.1 Å². The third kappa shape index (κ3) is 9.14. The van der Waals surface area contributed by atoms with Crippen LogP contribution in [0.15, 0.2) is 70.8 Å². The van der Waals surface area contributed by atoms with Gasteiger partial charge in [-0.25, -0.2) is 26.6 Å². The molecule has 0 aliphatic carbocycles. The molecule has 1 heterocycles. The van der Waals surface area contributed by atoms with Crippen molar-refractivity contribution in [2.45, 2.75) is 61.4 Å². The fourth-order valence-electron chi connectivity index (χ4n) is 5.90. The largest absolute Gasteiger partial charge is 0.495 e. The van der Waals surface area contributed by atoms with E-state index >= 15 is 8.78 Å². The maximum Gasteiger partial charge on any atom is 0.322 e. The fourth-order valence-corrected chi connectivity index (χ4v) is 8.88. The van der Waals surface area contributed by atoms with E-state index in [2.05, 4.69) is 4.98 Å². The number of halogens is 4. The molecule has 9 nitrogen and oxygen atoms in total. The molecule has 4 rings (SSSR count). The normalized spacial score (nSPS) is 13.2. The molecule has 0 bridgehead atoms. The molecule has 3 aromatic carbocycles. The van der Waals surface area contributed by atoms with Crippen molar-refractivity contribution in [3.8, 4) is 11.4 Å². The van der Waals surface area contributed by atoms with E-state index in [0.29, 0.717) is 44.8 Å². The molecular formula is C37H45ClF3N4O5S2+. The van der Waals surface area contributed by atoms with E-state index in [0.717, 1.165) is 33.8 Å². The van der Waals surface area contributed by atoms with Crippen LogP contribution in [-0.2, 0) is 26.0 Å². The van der Waals surface area contributed by atoms with Crippen molar-refractivity contribution in [1.82, 2.24) is 13.9 Å². The van der Waals surface area contributed by atoms with Crippen LogP contribution in [0, 0.1) is 23.4 Å². The number of ether oxygens (including phenoxy) is 1. The number of aromatic nitrogens is 2. The van der Waals surface area contributed by atoms with Crippen LogP contribution in [0.5, 0.6) is 5.75 Å². The molecule has 0 amide bonds. The SMILES string of the molecule is COc1cc(C(C)(C)c2cnc(SCc3c(F)cc(S(=O)(=O)N(CCC[N+](C)(C)C)C(C(=O)O)C(C)C)cc3F)n2-c2ccc(F)cc2)ccc1Cl.